The van der Waals surface area contributed by atoms with Crippen LogP contribution in [0.2, 0.25) is 0 Å². The maximum Gasteiger partial charge on any atom is 0.254 e. The third-order valence-electron chi connectivity index (χ3n) is 1.26. The number of amides is 1. The van der Waals surface area contributed by atoms with Gasteiger partial charge in [0.25, 0.3) is 5.91 Å². The van der Waals surface area contributed by atoms with Gasteiger partial charge in [0.15, 0.2) is 12.4 Å². The fourth-order valence-electron chi connectivity index (χ4n) is 0.830. The molecule has 0 unspecified atom stereocenters. The third-order valence-corrected chi connectivity index (χ3v) is 1.26. The number of primary amides is 1. The van der Waals surface area contributed by atoms with Crippen molar-refractivity contribution in [3.05, 3.63) is 34.8 Å². The third kappa shape index (κ3) is 1.67. The second kappa shape index (κ2) is 2.57. The van der Waals surface area contributed by atoms with Crippen LogP contribution in [0.3, 0.4) is 0 Å². The van der Waals surface area contributed by atoms with E-state index in [9.17, 15) is 10.0 Å². The molecule has 4 nitrogen and oxygen atoms in total. The lowest BCUT2D eigenvalue weighted by molar-refractivity contribution is -0.605. The van der Waals surface area contributed by atoms with Crippen LogP contribution < -0.4 is 10.5 Å². The van der Waals surface area contributed by atoms with Gasteiger partial charge in [-0.1, -0.05) is 0 Å². The number of aromatic nitrogens is 1. The van der Waals surface area contributed by atoms with Gasteiger partial charge in [0.1, 0.15) is 5.56 Å². The van der Waals surface area contributed by atoms with Crippen molar-refractivity contribution in [2.24, 2.45) is 5.73 Å². The normalized spacial score (nSPS) is 9.55. The summed E-state index contributed by atoms with van der Waals surface area (Å²) < 4.78 is 0.565. The molecule has 0 atom stereocenters. The Morgan fingerprint density at radius 2 is 2.27 bits per heavy atom. The summed E-state index contributed by atoms with van der Waals surface area (Å²) in [6.45, 7) is 1.72. The molecule has 1 aromatic rings. The molecule has 0 aliphatic rings. The fourth-order valence-corrected chi connectivity index (χ4v) is 0.830. The van der Waals surface area contributed by atoms with Crippen molar-refractivity contribution in [1.29, 1.82) is 0 Å². The van der Waals surface area contributed by atoms with Crippen molar-refractivity contribution in [1.82, 2.24) is 0 Å². The summed E-state index contributed by atoms with van der Waals surface area (Å²) in [5, 5.41) is 10.7. The molecule has 4 heteroatoms. The number of nitrogens with two attached hydrogens (primary N) is 1. The van der Waals surface area contributed by atoms with Crippen molar-refractivity contribution < 1.29 is 9.52 Å². The quantitative estimate of drug-likeness (QED) is 0.444. The van der Waals surface area contributed by atoms with E-state index in [1.54, 1.807) is 13.0 Å². The Morgan fingerprint density at radius 3 is 2.73 bits per heavy atom. The maximum absolute atomic E-state index is 10.7. The number of rotatable bonds is 1. The maximum atomic E-state index is 10.7. The zero-order chi connectivity index (χ0) is 8.43. The molecule has 2 N–H and O–H groups in total. The monoisotopic (exact) mass is 152 g/mol. The highest BCUT2D eigenvalue weighted by atomic mass is 16.5. The Kier molecular flexibility index (Phi) is 1.76. The van der Waals surface area contributed by atoms with Crippen LogP contribution in [0.1, 0.15) is 15.9 Å². The molecule has 0 fully saturated rings. The lowest BCUT2D eigenvalue weighted by atomic mass is 10.2. The van der Waals surface area contributed by atoms with E-state index in [0.29, 0.717) is 4.73 Å². The Hall–Kier alpha value is -1.58. The van der Waals surface area contributed by atoms with Gasteiger partial charge in [-0.2, -0.15) is 4.73 Å². The second-order valence-electron chi connectivity index (χ2n) is 2.33. The van der Waals surface area contributed by atoms with Crippen LogP contribution in [0.4, 0.5) is 0 Å². The van der Waals surface area contributed by atoms with E-state index in [4.69, 9.17) is 5.73 Å². The molecule has 58 valence electrons. The molecule has 0 aromatic carbocycles. The van der Waals surface area contributed by atoms with Gasteiger partial charge in [0.2, 0.25) is 0 Å². The van der Waals surface area contributed by atoms with Crippen molar-refractivity contribution in [3.63, 3.8) is 0 Å². The largest absolute Gasteiger partial charge is 0.619 e. The Morgan fingerprint density at radius 1 is 1.64 bits per heavy atom. The SMILES string of the molecule is Cc1cc(C(N)=O)c[n+]([O-])c1. The van der Waals surface area contributed by atoms with Crippen LogP contribution in [0.15, 0.2) is 18.5 Å². The molecule has 0 spiro atoms. The molecule has 0 aliphatic carbocycles. The van der Waals surface area contributed by atoms with Crippen LogP contribution in [0, 0.1) is 12.1 Å². The molecule has 0 bridgehead atoms. The summed E-state index contributed by atoms with van der Waals surface area (Å²) >= 11 is 0. The average Bonchev–Trinajstić information content (AvgIpc) is 1.85. The Labute approximate surface area is 63.8 Å². The Bertz CT molecular complexity index is 276. The first-order chi connectivity index (χ1) is 5.09. The number of carbonyl (C=O) groups excluding carboxylic acids is 1. The average molecular weight is 152 g/mol. The molecular weight excluding hydrogens is 144 g/mol. The molecular formula is C7H8N2O2. The number of aryl methyl sites for hydroxylation is 1. The zero-order valence-corrected chi connectivity index (χ0v) is 6.07. The highest BCUT2D eigenvalue weighted by Gasteiger charge is 2.04. The standard InChI is InChI=1S/C7H8N2O2/c1-5-2-6(7(8)10)4-9(11)3-5/h2-4H,1H3,(H2,8,10). The van der Waals surface area contributed by atoms with Crippen molar-refractivity contribution in [3.8, 4) is 0 Å². The van der Waals surface area contributed by atoms with Crippen LogP contribution >= 0.6 is 0 Å². The molecule has 0 radical (unpaired) electrons. The smallest absolute Gasteiger partial charge is 0.254 e. The molecule has 0 aliphatic heterocycles. The van der Waals surface area contributed by atoms with Crippen LogP contribution in [0.5, 0.6) is 0 Å². The molecule has 1 rings (SSSR count). The summed E-state index contributed by atoms with van der Waals surface area (Å²) in [6.07, 6.45) is 2.52. The highest BCUT2D eigenvalue weighted by Crippen LogP contribution is 1.97. The van der Waals surface area contributed by atoms with Crippen molar-refractivity contribution in [2.45, 2.75) is 6.92 Å². The summed E-state index contributed by atoms with van der Waals surface area (Å²) in [7, 11) is 0. The molecule has 1 heterocycles. The predicted molar refractivity (Wildman–Crippen MR) is 38.7 cm³/mol. The van der Waals surface area contributed by atoms with E-state index in [-0.39, 0.29) is 5.56 Å². The number of nitrogens with zero attached hydrogens (tertiary/aromatic N) is 1. The Balaban J connectivity index is 3.19. The first-order valence-electron chi connectivity index (χ1n) is 3.10. The lowest BCUT2D eigenvalue weighted by Crippen LogP contribution is -2.28. The molecule has 1 aromatic heterocycles. The van der Waals surface area contributed by atoms with Crippen LogP contribution in [-0.2, 0) is 0 Å². The predicted octanol–water partition coefficient (Wildman–Crippen LogP) is -0.273. The minimum absolute atomic E-state index is 0.236. The van der Waals surface area contributed by atoms with Gasteiger partial charge in [-0.05, 0) is 13.0 Å². The molecule has 1 amide bonds. The summed E-state index contributed by atoms with van der Waals surface area (Å²) in [5.74, 6) is -0.585. The van der Waals surface area contributed by atoms with Gasteiger partial charge in [-0.3, -0.25) is 4.79 Å². The summed E-state index contributed by atoms with van der Waals surface area (Å²) in [6, 6.07) is 1.57. The molecule has 0 saturated carbocycles. The minimum atomic E-state index is -0.585. The van der Waals surface area contributed by atoms with E-state index < -0.39 is 5.91 Å². The number of carbonyl (C=O) groups is 1. The van der Waals surface area contributed by atoms with Gasteiger partial charge in [0, 0.05) is 5.56 Å². The number of hydrogen-bond acceptors (Lipinski definition) is 2. The van der Waals surface area contributed by atoms with E-state index in [1.807, 2.05) is 0 Å². The molecule has 0 saturated heterocycles. The lowest BCUT2D eigenvalue weighted by Gasteiger charge is -1.98. The van der Waals surface area contributed by atoms with Crippen molar-refractivity contribution >= 4 is 5.91 Å². The number of hydrogen-bond donors (Lipinski definition) is 1. The summed E-state index contributed by atoms with van der Waals surface area (Å²) in [5.41, 5.74) is 5.92. The van der Waals surface area contributed by atoms with Gasteiger partial charge >= 0.3 is 0 Å². The van der Waals surface area contributed by atoms with E-state index in [0.717, 1.165) is 11.8 Å². The van der Waals surface area contributed by atoms with E-state index in [1.165, 1.54) is 6.20 Å². The first kappa shape index (κ1) is 7.53. The van der Waals surface area contributed by atoms with Gasteiger partial charge in [-0.25, -0.2) is 0 Å². The second-order valence-corrected chi connectivity index (χ2v) is 2.33. The van der Waals surface area contributed by atoms with E-state index >= 15 is 0 Å². The minimum Gasteiger partial charge on any atom is -0.619 e. The fraction of sp³-hybridized carbons (Fsp3) is 0.143. The zero-order valence-electron chi connectivity index (χ0n) is 6.07. The molecule has 11 heavy (non-hydrogen) atoms. The topological polar surface area (TPSA) is 70.0 Å². The van der Waals surface area contributed by atoms with E-state index in [2.05, 4.69) is 0 Å². The van der Waals surface area contributed by atoms with Gasteiger partial charge < -0.3 is 10.9 Å². The van der Waals surface area contributed by atoms with Crippen molar-refractivity contribution in [2.75, 3.05) is 0 Å². The van der Waals surface area contributed by atoms with Crippen LogP contribution in [0.25, 0.3) is 0 Å². The first-order valence-corrected chi connectivity index (χ1v) is 3.10. The van der Waals surface area contributed by atoms with Gasteiger partial charge in [0.05, 0.1) is 0 Å². The number of pyridine rings is 1. The summed E-state index contributed by atoms with van der Waals surface area (Å²) in [4.78, 5) is 10.6. The highest BCUT2D eigenvalue weighted by molar-refractivity contribution is 5.92. The van der Waals surface area contributed by atoms with Gasteiger partial charge in [-0.15, -0.1) is 0 Å². The van der Waals surface area contributed by atoms with Crippen LogP contribution in [-0.4, -0.2) is 5.91 Å².